The quantitative estimate of drug-likeness (QED) is 0.749. The fourth-order valence-corrected chi connectivity index (χ4v) is 2.02. The molecular weight excluding hydrogens is 244 g/mol. The third-order valence-corrected chi connectivity index (χ3v) is 2.78. The van der Waals surface area contributed by atoms with Gasteiger partial charge < -0.3 is 14.1 Å². The molecule has 0 aromatic carbocycles. The van der Waals surface area contributed by atoms with Crippen LogP contribution in [0.3, 0.4) is 0 Å². The molecule has 2 aromatic rings. The lowest BCUT2D eigenvalue weighted by molar-refractivity contribution is -0.141. The summed E-state index contributed by atoms with van der Waals surface area (Å²) >= 11 is 0. The van der Waals surface area contributed by atoms with Crippen molar-refractivity contribution in [3.63, 3.8) is 0 Å². The number of furan rings is 1. The fourth-order valence-electron chi connectivity index (χ4n) is 2.02. The maximum Gasteiger partial charge on any atom is 0.325 e. The molecule has 0 saturated heterocycles. The lowest BCUT2D eigenvalue weighted by Gasteiger charge is -2.22. The molecule has 0 radical (unpaired) electrons. The summed E-state index contributed by atoms with van der Waals surface area (Å²) in [5.74, 6) is 0.527. The Kier molecular flexibility index (Phi) is 4.39. The summed E-state index contributed by atoms with van der Waals surface area (Å²) in [5, 5.41) is 0.917. The highest BCUT2D eigenvalue weighted by Gasteiger charge is 2.16. The van der Waals surface area contributed by atoms with Crippen molar-refractivity contribution in [3.8, 4) is 0 Å². The Bertz CT molecular complexity index is 550. The Hall–Kier alpha value is -2.04. The summed E-state index contributed by atoms with van der Waals surface area (Å²) in [7, 11) is 0. The number of hydrogen-bond acceptors (Lipinski definition) is 5. The van der Waals surface area contributed by atoms with Crippen molar-refractivity contribution in [2.45, 2.75) is 20.3 Å². The molecule has 0 aliphatic heterocycles. The zero-order chi connectivity index (χ0) is 13.7. The van der Waals surface area contributed by atoms with Crippen LogP contribution in [0.2, 0.25) is 0 Å². The molecule has 0 aliphatic rings. The Morgan fingerprint density at radius 3 is 3.00 bits per heavy atom. The number of carbonyl (C=O) groups is 1. The number of ether oxygens (including phenoxy) is 1. The standard InChI is InChI=1S/C14H18N2O3/c1-3-8-16(10-13(17)18-4-2)14-11-6-9-19-12(11)5-7-15-14/h5-7,9H,3-4,8,10H2,1-2H3. The van der Waals surface area contributed by atoms with Crippen LogP contribution in [0.4, 0.5) is 5.82 Å². The largest absolute Gasteiger partial charge is 0.465 e. The van der Waals surface area contributed by atoms with Crippen LogP contribution >= 0.6 is 0 Å². The van der Waals surface area contributed by atoms with Crippen LogP contribution in [0.15, 0.2) is 29.0 Å². The van der Waals surface area contributed by atoms with Crippen molar-refractivity contribution in [1.82, 2.24) is 4.98 Å². The second-order valence-corrected chi connectivity index (χ2v) is 4.19. The molecule has 5 heteroatoms. The summed E-state index contributed by atoms with van der Waals surface area (Å²) in [6.45, 7) is 5.21. The van der Waals surface area contributed by atoms with Crippen LogP contribution in [-0.4, -0.2) is 30.6 Å². The van der Waals surface area contributed by atoms with E-state index in [1.54, 1.807) is 19.4 Å². The van der Waals surface area contributed by atoms with E-state index in [0.29, 0.717) is 6.61 Å². The first-order valence-electron chi connectivity index (χ1n) is 6.49. The van der Waals surface area contributed by atoms with Gasteiger partial charge in [-0.2, -0.15) is 0 Å². The topological polar surface area (TPSA) is 55.6 Å². The number of carbonyl (C=O) groups excluding carboxylic acids is 1. The first kappa shape index (κ1) is 13.4. The van der Waals surface area contributed by atoms with Gasteiger partial charge in [-0.05, 0) is 25.5 Å². The predicted octanol–water partition coefficient (Wildman–Crippen LogP) is 2.61. The van der Waals surface area contributed by atoms with E-state index in [-0.39, 0.29) is 12.5 Å². The van der Waals surface area contributed by atoms with E-state index in [4.69, 9.17) is 9.15 Å². The van der Waals surface area contributed by atoms with Gasteiger partial charge in [-0.25, -0.2) is 4.98 Å². The molecule has 102 valence electrons. The maximum atomic E-state index is 11.7. The summed E-state index contributed by atoms with van der Waals surface area (Å²) in [6.07, 6.45) is 4.24. The van der Waals surface area contributed by atoms with E-state index < -0.39 is 0 Å². The Balaban J connectivity index is 2.27. The smallest absolute Gasteiger partial charge is 0.325 e. The number of esters is 1. The lowest BCUT2D eigenvalue weighted by Crippen LogP contribution is -2.32. The Labute approximate surface area is 112 Å². The van der Waals surface area contributed by atoms with Crippen molar-refractivity contribution in [3.05, 3.63) is 24.6 Å². The molecule has 0 N–H and O–H groups in total. The van der Waals surface area contributed by atoms with Crippen LogP contribution in [0.1, 0.15) is 20.3 Å². The molecule has 0 aliphatic carbocycles. The highest BCUT2D eigenvalue weighted by Crippen LogP contribution is 2.25. The van der Waals surface area contributed by atoms with Crippen molar-refractivity contribution in [2.24, 2.45) is 0 Å². The van der Waals surface area contributed by atoms with Crippen LogP contribution in [0, 0.1) is 0 Å². The number of rotatable bonds is 6. The summed E-state index contributed by atoms with van der Waals surface area (Å²) < 4.78 is 10.4. The number of aromatic nitrogens is 1. The van der Waals surface area contributed by atoms with Gasteiger partial charge in [0, 0.05) is 12.7 Å². The zero-order valence-corrected chi connectivity index (χ0v) is 11.3. The Morgan fingerprint density at radius 2 is 2.26 bits per heavy atom. The molecule has 0 fully saturated rings. The molecular formula is C14H18N2O3. The normalized spacial score (nSPS) is 10.6. The van der Waals surface area contributed by atoms with Gasteiger partial charge in [0.15, 0.2) is 0 Å². The molecule has 5 nitrogen and oxygen atoms in total. The number of nitrogens with zero attached hydrogens (tertiary/aromatic N) is 2. The highest BCUT2D eigenvalue weighted by molar-refractivity contribution is 5.90. The average molecular weight is 262 g/mol. The van der Waals surface area contributed by atoms with E-state index in [1.807, 2.05) is 17.0 Å². The minimum absolute atomic E-state index is 0.207. The molecule has 0 amide bonds. The number of hydrogen-bond donors (Lipinski definition) is 0. The zero-order valence-electron chi connectivity index (χ0n) is 11.3. The first-order chi connectivity index (χ1) is 9.26. The molecule has 2 heterocycles. The molecule has 0 bridgehead atoms. The Morgan fingerprint density at radius 1 is 1.42 bits per heavy atom. The van der Waals surface area contributed by atoms with Crippen molar-refractivity contribution in [2.75, 3.05) is 24.6 Å². The van der Waals surface area contributed by atoms with Crippen LogP contribution in [0.5, 0.6) is 0 Å². The van der Waals surface area contributed by atoms with Gasteiger partial charge in [0.1, 0.15) is 17.9 Å². The molecule has 2 rings (SSSR count). The van der Waals surface area contributed by atoms with Gasteiger partial charge in [0.25, 0.3) is 0 Å². The number of pyridine rings is 1. The monoisotopic (exact) mass is 262 g/mol. The van der Waals surface area contributed by atoms with Gasteiger partial charge in [0.2, 0.25) is 0 Å². The molecule has 19 heavy (non-hydrogen) atoms. The van der Waals surface area contributed by atoms with Crippen LogP contribution < -0.4 is 4.90 Å². The molecule has 2 aromatic heterocycles. The van der Waals surface area contributed by atoms with E-state index in [0.717, 1.165) is 29.8 Å². The van der Waals surface area contributed by atoms with Crippen LogP contribution in [0.25, 0.3) is 11.0 Å². The van der Waals surface area contributed by atoms with Crippen molar-refractivity contribution >= 4 is 22.8 Å². The van der Waals surface area contributed by atoms with Gasteiger partial charge in [-0.15, -0.1) is 0 Å². The first-order valence-corrected chi connectivity index (χ1v) is 6.49. The number of anilines is 1. The third-order valence-electron chi connectivity index (χ3n) is 2.78. The van der Waals surface area contributed by atoms with Crippen molar-refractivity contribution in [1.29, 1.82) is 0 Å². The predicted molar refractivity (Wildman–Crippen MR) is 73.1 cm³/mol. The second-order valence-electron chi connectivity index (χ2n) is 4.19. The fraction of sp³-hybridized carbons (Fsp3) is 0.429. The van der Waals surface area contributed by atoms with Gasteiger partial charge in [-0.3, -0.25) is 4.79 Å². The molecule has 0 unspecified atom stereocenters. The SMILES string of the molecule is CCCN(CC(=O)OCC)c1nccc2occc12. The maximum absolute atomic E-state index is 11.7. The van der Waals surface area contributed by atoms with Gasteiger partial charge in [-0.1, -0.05) is 6.92 Å². The molecule has 0 saturated carbocycles. The van der Waals surface area contributed by atoms with E-state index in [9.17, 15) is 4.79 Å². The van der Waals surface area contributed by atoms with Gasteiger partial charge >= 0.3 is 5.97 Å². The lowest BCUT2D eigenvalue weighted by atomic mass is 10.2. The summed E-state index contributed by atoms with van der Waals surface area (Å²) in [5.41, 5.74) is 0.773. The van der Waals surface area contributed by atoms with E-state index in [2.05, 4.69) is 11.9 Å². The number of fused-ring (bicyclic) bond motifs is 1. The minimum Gasteiger partial charge on any atom is -0.465 e. The second kappa shape index (κ2) is 6.22. The minimum atomic E-state index is -0.238. The van der Waals surface area contributed by atoms with Crippen LogP contribution in [-0.2, 0) is 9.53 Å². The highest BCUT2D eigenvalue weighted by atomic mass is 16.5. The van der Waals surface area contributed by atoms with E-state index >= 15 is 0 Å². The summed E-state index contributed by atoms with van der Waals surface area (Å²) in [6, 6.07) is 3.68. The summed E-state index contributed by atoms with van der Waals surface area (Å²) in [4.78, 5) is 18.0. The van der Waals surface area contributed by atoms with E-state index in [1.165, 1.54) is 0 Å². The third kappa shape index (κ3) is 3.05. The van der Waals surface area contributed by atoms with Gasteiger partial charge in [0.05, 0.1) is 18.3 Å². The average Bonchev–Trinajstić information content (AvgIpc) is 2.86. The molecule has 0 spiro atoms. The molecule has 0 atom stereocenters. The van der Waals surface area contributed by atoms with Crippen molar-refractivity contribution < 1.29 is 13.9 Å².